The van der Waals surface area contributed by atoms with Gasteiger partial charge in [0.15, 0.2) is 6.10 Å². The third kappa shape index (κ3) is 57.7. The molecule has 0 spiro atoms. The van der Waals surface area contributed by atoms with Gasteiger partial charge in [0.1, 0.15) is 13.2 Å². The van der Waals surface area contributed by atoms with Gasteiger partial charge in [-0.3, -0.25) is 14.4 Å². The third-order valence-corrected chi connectivity index (χ3v) is 13.5. The highest BCUT2D eigenvalue weighted by molar-refractivity contribution is 5.71. The molecular weight excluding hydrogens is 889 g/mol. The van der Waals surface area contributed by atoms with Crippen molar-refractivity contribution in [1.29, 1.82) is 0 Å². The van der Waals surface area contributed by atoms with E-state index >= 15 is 0 Å². The summed E-state index contributed by atoms with van der Waals surface area (Å²) >= 11 is 0. The number of ether oxygens (including phenoxy) is 3. The van der Waals surface area contributed by atoms with Gasteiger partial charge in [0, 0.05) is 19.3 Å². The normalized spacial score (nSPS) is 12.5. The number of carbonyl (C=O) groups excluding carboxylic acids is 3. The van der Waals surface area contributed by atoms with Crippen LogP contribution >= 0.6 is 0 Å². The van der Waals surface area contributed by atoms with Crippen molar-refractivity contribution >= 4 is 17.9 Å². The van der Waals surface area contributed by atoms with Gasteiger partial charge in [-0.1, -0.05) is 293 Å². The largest absolute Gasteiger partial charge is 0.462 e. The molecule has 0 saturated carbocycles. The van der Waals surface area contributed by atoms with E-state index in [-0.39, 0.29) is 31.1 Å². The number of unbranched alkanes of at least 4 members (excludes halogenated alkanes) is 33. The first-order valence-corrected chi connectivity index (χ1v) is 30.9. The third-order valence-electron chi connectivity index (χ3n) is 13.5. The Kier molecular flexibility index (Phi) is 57.8. The van der Waals surface area contributed by atoms with Gasteiger partial charge in [-0.05, 0) is 70.6 Å². The van der Waals surface area contributed by atoms with Crippen LogP contribution in [0, 0.1) is 0 Å². The maximum Gasteiger partial charge on any atom is 0.306 e. The summed E-state index contributed by atoms with van der Waals surface area (Å²) in [6.45, 7) is 6.47. The number of hydrogen-bond donors (Lipinski definition) is 0. The number of allylic oxidation sites excluding steroid dienone is 12. The van der Waals surface area contributed by atoms with Gasteiger partial charge in [0.2, 0.25) is 0 Å². The summed E-state index contributed by atoms with van der Waals surface area (Å²) in [5.41, 5.74) is 0. The van der Waals surface area contributed by atoms with Crippen LogP contribution in [-0.4, -0.2) is 37.2 Å². The molecule has 0 aromatic carbocycles. The summed E-state index contributed by atoms with van der Waals surface area (Å²) in [6, 6.07) is 0. The molecule has 0 aliphatic rings. The van der Waals surface area contributed by atoms with Gasteiger partial charge in [-0.25, -0.2) is 0 Å². The minimum atomic E-state index is -0.767. The Morgan fingerprint density at radius 2 is 0.542 bits per heavy atom. The van der Waals surface area contributed by atoms with Gasteiger partial charge >= 0.3 is 17.9 Å². The van der Waals surface area contributed by atoms with Crippen molar-refractivity contribution in [2.75, 3.05) is 13.2 Å². The van der Waals surface area contributed by atoms with Gasteiger partial charge in [-0.15, -0.1) is 0 Å². The minimum Gasteiger partial charge on any atom is -0.462 e. The summed E-state index contributed by atoms with van der Waals surface area (Å²) in [5.74, 6) is -0.872. The highest BCUT2D eigenvalue weighted by Gasteiger charge is 2.19. The van der Waals surface area contributed by atoms with Crippen LogP contribution in [0.3, 0.4) is 0 Å². The Bertz CT molecular complexity index is 1340. The van der Waals surface area contributed by atoms with E-state index < -0.39 is 6.10 Å². The van der Waals surface area contributed by atoms with Gasteiger partial charge < -0.3 is 14.2 Å². The maximum atomic E-state index is 12.8. The lowest BCUT2D eigenvalue weighted by molar-refractivity contribution is -0.167. The average Bonchev–Trinajstić information content (AvgIpc) is 3.38. The van der Waals surface area contributed by atoms with Crippen molar-refractivity contribution in [3.8, 4) is 0 Å². The average molecular weight is 1010 g/mol. The van der Waals surface area contributed by atoms with Crippen LogP contribution in [0.15, 0.2) is 72.9 Å². The predicted molar refractivity (Wildman–Crippen MR) is 311 cm³/mol. The fourth-order valence-corrected chi connectivity index (χ4v) is 8.86. The van der Waals surface area contributed by atoms with Crippen LogP contribution in [0.2, 0.25) is 0 Å². The number of hydrogen-bond acceptors (Lipinski definition) is 6. The molecule has 0 amide bonds. The molecule has 0 rings (SSSR count). The van der Waals surface area contributed by atoms with Crippen molar-refractivity contribution in [2.45, 2.75) is 316 Å². The lowest BCUT2D eigenvalue weighted by Crippen LogP contribution is -2.30. The number of esters is 3. The van der Waals surface area contributed by atoms with Crippen LogP contribution in [0.25, 0.3) is 0 Å². The van der Waals surface area contributed by atoms with E-state index in [1.807, 2.05) is 0 Å². The fourth-order valence-electron chi connectivity index (χ4n) is 8.86. The SMILES string of the molecule is CC/C=C\C/C=C\C/C=C\C/C=C\C/C=C\C/C=C\CCCCCCCCCCCCCCCCC(=O)OCC(COC(=O)CCCCCCC)OC(=O)CCCCCCCCCCCCCCCCCC. The molecule has 6 heteroatoms. The second-order valence-corrected chi connectivity index (χ2v) is 20.6. The van der Waals surface area contributed by atoms with Crippen LogP contribution in [-0.2, 0) is 28.6 Å². The molecule has 0 aromatic rings. The number of carbonyl (C=O) groups is 3. The fraction of sp³-hybridized carbons (Fsp3) is 0.773. The van der Waals surface area contributed by atoms with E-state index in [9.17, 15) is 14.4 Å². The van der Waals surface area contributed by atoms with Crippen LogP contribution in [0.5, 0.6) is 0 Å². The Labute approximate surface area is 446 Å². The minimum absolute atomic E-state index is 0.0711. The molecule has 6 nitrogen and oxygen atoms in total. The highest BCUT2D eigenvalue weighted by Crippen LogP contribution is 2.17. The summed E-state index contributed by atoms with van der Waals surface area (Å²) in [5, 5.41) is 0. The monoisotopic (exact) mass is 1000 g/mol. The molecule has 0 aromatic heterocycles. The molecule has 416 valence electrons. The summed E-state index contributed by atoms with van der Waals surface area (Å²) in [4.78, 5) is 37.8. The quantitative estimate of drug-likeness (QED) is 0.0261. The van der Waals surface area contributed by atoms with Gasteiger partial charge in [-0.2, -0.15) is 0 Å². The van der Waals surface area contributed by atoms with Crippen molar-refractivity contribution in [1.82, 2.24) is 0 Å². The number of rotatable bonds is 56. The standard InChI is InChI=1S/C66H116O6/c1-4-7-10-13-15-17-19-21-23-25-26-27-28-29-30-31-32-33-34-35-36-37-38-39-40-41-43-44-46-48-50-53-56-59-65(68)71-62-63(61-70-64(67)58-55-52-12-9-6-3)72-66(69)60-57-54-51-49-47-45-42-24-22-20-18-16-14-11-8-5-2/h7,10,15,17,21,23,26-27,29-30,32-33,63H,4-6,8-9,11-14,16,18-20,22,24-25,28,31,34-62H2,1-3H3/b10-7-,17-15-,23-21-,27-26-,30-29-,33-32-. The first-order valence-electron chi connectivity index (χ1n) is 30.9. The van der Waals surface area contributed by atoms with Crippen molar-refractivity contribution < 1.29 is 28.6 Å². The Morgan fingerprint density at radius 3 is 0.847 bits per heavy atom. The van der Waals surface area contributed by atoms with E-state index in [0.29, 0.717) is 19.3 Å². The summed E-state index contributed by atoms with van der Waals surface area (Å²) in [6.07, 6.45) is 78.2. The Balaban J connectivity index is 3.96. The molecule has 0 N–H and O–H groups in total. The van der Waals surface area contributed by atoms with E-state index in [4.69, 9.17) is 14.2 Å². The lowest BCUT2D eigenvalue weighted by Gasteiger charge is -2.18. The molecular formula is C66H116O6. The molecule has 1 unspecified atom stereocenters. The van der Waals surface area contributed by atoms with E-state index in [0.717, 1.165) is 103 Å². The second kappa shape index (κ2) is 60.4. The van der Waals surface area contributed by atoms with Crippen LogP contribution in [0.1, 0.15) is 310 Å². The van der Waals surface area contributed by atoms with E-state index in [1.54, 1.807) is 0 Å². The zero-order chi connectivity index (χ0) is 52.2. The van der Waals surface area contributed by atoms with Crippen molar-refractivity contribution in [3.05, 3.63) is 72.9 Å². The van der Waals surface area contributed by atoms with Gasteiger partial charge in [0.05, 0.1) is 0 Å². The van der Waals surface area contributed by atoms with E-state index in [1.165, 1.54) is 167 Å². The first kappa shape index (κ1) is 68.8. The first-order chi connectivity index (χ1) is 35.5. The molecule has 0 heterocycles. The smallest absolute Gasteiger partial charge is 0.306 e. The zero-order valence-corrected chi connectivity index (χ0v) is 47.7. The molecule has 0 radical (unpaired) electrons. The molecule has 0 saturated heterocycles. The molecule has 72 heavy (non-hydrogen) atoms. The predicted octanol–water partition coefficient (Wildman–Crippen LogP) is 20.9. The van der Waals surface area contributed by atoms with Crippen LogP contribution < -0.4 is 0 Å². The van der Waals surface area contributed by atoms with E-state index in [2.05, 4.69) is 93.7 Å². The molecule has 0 bridgehead atoms. The second-order valence-electron chi connectivity index (χ2n) is 20.6. The molecule has 0 fully saturated rings. The summed E-state index contributed by atoms with van der Waals surface area (Å²) in [7, 11) is 0. The maximum absolute atomic E-state index is 12.8. The van der Waals surface area contributed by atoms with Crippen molar-refractivity contribution in [3.63, 3.8) is 0 Å². The zero-order valence-electron chi connectivity index (χ0n) is 47.7. The Morgan fingerprint density at radius 1 is 0.292 bits per heavy atom. The molecule has 1 atom stereocenters. The van der Waals surface area contributed by atoms with Gasteiger partial charge in [0.25, 0.3) is 0 Å². The topological polar surface area (TPSA) is 78.9 Å². The Hall–Kier alpha value is -3.15. The molecule has 0 aliphatic heterocycles. The molecule has 0 aliphatic carbocycles. The summed E-state index contributed by atoms with van der Waals surface area (Å²) < 4.78 is 16.7. The van der Waals surface area contributed by atoms with Crippen molar-refractivity contribution in [2.24, 2.45) is 0 Å². The lowest BCUT2D eigenvalue weighted by atomic mass is 10.0. The van der Waals surface area contributed by atoms with Crippen LogP contribution in [0.4, 0.5) is 0 Å². The highest BCUT2D eigenvalue weighted by atomic mass is 16.6.